The van der Waals surface area contributed by atoms with Gasteiger partial charge in [0.1, 0.15) is 6.04 Å². The zero-order valence-corrected chi connectivity index (χ0v) is 13.8. The number of benzene rings is 1. The Kier molecular flexibility index (Phi) is 5.33. The second kappa shape index (κ2) is 7.23. The molecule has 0 aliphatic carbocycles. The number of carbonyl (C=O) groups excluding carboxylic acids is 1. The molecule has 0 aliphatic heterocycles. The zero-order chi connectivity index (χ0) is 16.9. The summed E-state index contributed by atoms with van der Waals surface area (Å²) in [4.78, 5) is 16.3. The third-order valence-electron chi connectivity index (χ3n) is 3.29. The predicted molar refractivity (Wildman–Crippen MR) is 89.3 cm³/mol. The second-order valence-electron chi connectivity index (χ2n) is 5.15. The van der Waals surface area contributed by atoms with Crippen LogP contribution in [0.4, 0.5) is 5.69 Å². The van der Waals surface area contributed by atoms with Crippen LogP contribution in [0.5, 0.6) is 0 Å². The number of anilines is 1. The summed E-state index contributed by atoms with van der Waals surface area (Å²) in [6, 6.07) is 11.3. The minimum Gasteiger partial charge on any atom is -0.350 e. The lowest BCUT2D eigenvalue weighted by Crippen LogP contribution is -2.47. The molecule has 0 aliphatic rings. The Bertz CT molecular complexity index is 749. The van der Waals surface area contributed by atoms with Crippen LogP contribution < -0.4 is 9.62 Å². The first-order valence-corrected chi connectivity index (χ1v) is 8.95. The lowest BCUT2D eigenvalue weighted by atomic mass is 10.2. The summed E-state index contributed by atoms with van der Waals surface area (Å²) in [6.45, 7) is 1.86. The highest BCUT2D eigenvalue weighted by atomic mass is 32.2. The Morgan fingerprint density at radius 2 is 1.91 bits per heavy atom. The van der Waals surface area contributed by atoms with E-state index >= 15 is 0 Å². The standard InChI is InChI=1S/C16H19N3O3S/c1-13(16(20)18-12-14-7-6-10-17-11-14)19(23(2,21)22)15-8-4-3-5-9-15/h3-11,13H,12H2,1-2H3,(H,18,20)/t13-/m1/s1. The molecule has 1 aromatic carbocycles. The smallest absolute Gasteiger partial charge is 0.243 e. The van der Waals surface area contributed by atoms with Gasteiger partial charge in [-0.25, -0.2) is 8.42 Å². The number of sulfonamides is 1. The molecular formula is C16H19N3O3S. The van der Waals surface area contributed by atoms with E-state index < -0.39 is 16.1 Å². The van der Waals surface area contributed by atoms with Crippen LogP contribution in [0.25, 0.3) is 0 Å². The second-order valence-corrected chi connectivity index (χ2v) is 7.01. The zero-order valence-electron chi connectivity index (χ0n) is 13.0. The molecule has 0 spiro atoms. The van der Waals surface area contributed by atoms with Crippen molar-refractivity contribution in [1.29, 1.82) is 0 Å². The number of para-hydroxylation sites is 1. The highest BCUT2D eigenvalue weighted by Gasteiger charge is 2.28. The summed E-state index contributed by atoms with van der Waals surface area (Å²) < 4.78 is 25.3. The van der Waals surface area contributed by atoms with Crippen molar-refractivity contribution in [3.8, 4) is 0 Å². The van der Waals surface area contributed by atoms with Crippen LogP contribution in [0.1, 0.15) is 12.5 Å². The van der Waals surface area contributed by atoms with Crippen LogP contribution in [-0.4, -0.2) is 31.6 Å². The lowest BCUT2D eigenvalue weighted by Gasteiger charge is -2.28. The number of aromatic nitrogens is 1. The molecule has 2 rings (SSSR count). The Morgan fingerprint density at radius 3 is 2.48 bits per heavy atom. The van der Waals surface area contributed by atoms with Gasteiger partial charge in [0.25, 0.3) is 0 Å². The van der Waals surface area contributed by atoms with E-state index in [1.807, 2.05) is 6.07 Å². The maximum Gasteiger partial charge on any atom is 0.243 e. The largest absolute Gasteiger partial charge is 0.350 e. The number of amides is 1. The SMILES string of the molecule is C[C@H](C(=O)NCc1cccnc1)N(c1ccccc1)S(C)(=O)=O. The Labute approximate surface area is 136 Å². The third-order valence-corrected chi connectivity index (χ3v) is 4.53. The molecule has 122 valence electrons. The average Bonchev–Trinajstić information content (AvgIpc) is 2.53. The highest BCUT2D eigenvalue weighted by molar-refractivity contribution is 7.92. The molecule has 1 aromatic heterocycles. The van der Waals surface area contributed by atoms with Crippen LogP contribution in [0, 0.1) is 0 Å². The molecule has 6 nitrogen and oxygen atoms in total. The van der Waals surface area contributed by atoms with Crippen LogP contribution >= 0.6 is 0 Å². The number of carbonyl (C=O) groups is 1. The summed E-state index contributed by atoms with van der Waals surface area (Å²) in [6.07, 6.45) is 4.39. The maximum absolute atomic E-state index is 12.3. The van der Waals surface area contributed by atoms with Crippen molar-refractivity contribution in [3.05, 3.63) is 60.4 Å². The number of rotatable bonds is 6. The summed E-state index contributed by atoms with van der Waals surface area (Å²) in [5.41, 5.74) is 1.30. The molecule has 0 bridgehead atoms. The fourth-order valence-electron chi connectivity index (χ4n) is 2.22. The summed E-state index contributed by atoms with van der Waals surface area (Å²) in [5, 5.41) is 2.74. The fourth-order valence-corrected chi connectivity index (χ4v) is 3.40. The van der Waals surface area contributed by atoms with E-state index in [1.165, 1.54) is 0 Å². The molecule has 2 aromatic rings. The summed E-state index contributed by atoms with van der Waals surface area (Å²) in [7, 11) is -3.59. The van der Waals surface area contributed by atoms with Gasteiger partial charge in [-0.3, -0.25) is 14.1 Å². The van der Waals surface area contributed by atoms with Crippen molar-refractivity contribution in [2.45, 2.75) is 19.5 Å². The first-order valence-electron chi connectivity index (χ1n) is 7.10. The topological polar surface area (TPSA) is 79.4 Å². The Balaban J connectivity index is 2.14. The van der Waals surface area contributed by atoms with Crippen molar-refractivity contribution in [1.82, 2.24) is 10.3 Å². The van der Waals surface area contributed by atoms with Crippen LogP contribution in [0.15, 0.2) is 54.9 Å². The van der Waals surface area contributed by atoms with E-state index in [-0.39, 0.29) is 5.91 Å². The molecule has 1 amide bonds. The third kappa shape index (κ3) is 4.53. The van der Waals surface area contributed by atoms with Gasteiger partial charge in [-0.2, -0.15) is 0 Å². The van der Waals surface area contributed by atoms with E-state index in [0.717, 1.165) is 16.1 Å². The van der Waals surface area contributed by atoms with Gasteiger partial charge in [-0.05, 0) is 30.7 Å². The number of nitrogens with zero attached hydrogens (tertiary/aromatic N) is 2. The maximum atomic E-state index is 12.3. The van der Waals surface area contributed by atoms with Gasteiger partial charge in [0.15, 0.2) is 0 Å². The number of hydrogen-bond acceptors (Lipinski definition) is 4. The molecule has 0 unspecified atom stereocenters. The number of nitrogens with one attached hydrogen (secondary N) is 1. The molecule has 23 heavy (non-hydrogen) atoms. The van der Waals surface area contributed by atoms with Crippen molar-refractivity contribution in [2.24, 2.45) is 0 Å². The quantitative estimate of drug-likeness (QED) is 0.870. The van der Waals surface area contributed by atoms with E-state index in [2.05, 4.69) is 10.3 Å². The summed E-state index contributed by atoms with van der Waals surface area (Å²) in [5.74, 6) is -0.372. The van der Waals surface area contributed by atoms with Gasteiger partial charge >= 0.3 is 0 Å². The molecule has 1 N–H and O–H groups in total. The molecule has 0 saturated carbocycles. The van der Waals surface area contributed by atoms with Crippen molar-refractivity contribution < 1.29 is 13.2 Å². The predicted octanol–water partition coefficient (Wildman–Crippen LogP) is 1.55. The van der Waals surface area contributed by atoms with E-state index in [4.69, 9.17) is 0 Å². The first-order chi connectivity index (χ1) is 10.9. The van der Waals surface area contributed by atoms with Gasteiger partial charge in [0, 0.05) is 18.9 Å². The van der Waals surface area contributed by atoms with Gasteiger partial charge in [0.05, 0.1) is 11.9 Å². The van der Waals surface area contributed by atoms with Crippen LogP contribution in [-0.2, 0) is 21.4 Å². The fraction of sp³-hybridized carbons (Fsp3) is 0.250. The highest BCUT2D eigenvalue weighted by Crippen LogP contribution is 2.20. The van der Waals surface area contributed by atoms with E-state index in [9.17, 15) is 13.2 Å². The number of hydrogen-bond donors (Lipinski definition) is 1. The first kappa shape index (κ1) is 17.0. The monoisotopic (exact) mass is 333 g/mol. The lowest BCUT2D eigenvalue weighted by molar-refractivity contribution is -0.122. The molecule has 1 atom stereocenters. The van der Waals surface area contributed by atoms with E-state index in [1.54, 1.807) is 55.7 Å². The van der Waals surface area contributed by atoms with Crippen molar-refractivity contribution in [2.75, 3.05) is 10.6 Å². The molecule has 0 radical (unpaired) electrons. The van der Waals surface area contributed by atoms with Gasteiger partial charge in [0.2, 0.25) is 15.9 Å². The van der Waals surface area contributed by atoms with Crippen molar-refractivity contribution >= 4 is 21.6 Å². The van der Waals surface area contributed by atoms with Gasteiger partial charge in [-0.15, -0.1) is 0 Å². The molecule has 0 saturated heterocycles. The Hall–Kier alpha value is -2.41. The van der Waals surface area contributed by atoms with Gasteiger partial charge in [-0.1, -0.05) is 24.3 Å². The average molecular weight is 333 g/mol. The van der Waals surface area contributed by atoms with Crippen molar-refractivity contribution in [3.63, 3.8) is 0 Å². The molecule has 1 heterocycles. The molecular weight excluding hydrogens is 314 g/mol. The Morgan fingerprint density at radius 1 is 1.22 bits per heavy atom. The summed E-state index contributed by atoms with van der Waals surface area (Å²) >= 11 is 0. The minimum absolute atomic E-state index is 0.295. The minimum atomic E-state index is -3.59. The van der Waals surface area contributed by atoms with Gasteiger partial charge < -0.3 is 5.32 Å². The van der Waals surface area contributed by atoms with Crippen LogP contribution in [0.2, 0.25) is 0 Å². The normalized spacial score (nSPS) is 12.4. The molecule has 7 heteroatoms. The van der Waals surface area contributed by atoms with E-state index in [0.29, 0.717) is 12.2 Å². The molecule has 0 fully saturated rings. The number of pyridine rings is 1. The van der Waals surface area contributed by atoms with Crippen LogP contribution in [0.3, 0.4) is 0 Å².